The second-order valence-electron chi connectivity index (χ2n) is 5.12. The van der Waals surface area contributed by atoms with Gasteiger partial charge in [0.2, 0.25) is 5.91 Å². The van der Waals surface area contributed by atoms with E-state index in [0.29, 0.717) is 0 Å². The highest BCUT2D eigenvalue weighted by molar-refractivity contribution is 9.10. The van der Waals surface area contributed by atoms with Crippen LogP contribution in [0.25, 0.3) is 0 Å². The topological polar surface area (TPSA) is 57.3 Å². The Morgan fingerprint density at radius 2 is 2.11 bits per heavy atom. The maximum Gasteiger partial charge on any atom is 0.244 e. The number of hydrogen-bond donors (Lipinski definition) is 2. The highest BCUT2D eigenvalue weighted by Crippen LogP contribution is 2.18. The van der Waals surface area contributed by atoms with Crippen LogP contribution in [0.4, 0.5) is 5.69 Å². The predicted molar refractivity (Wildman–Crippen MR) is 79.1 cm³/mol. The molecule has 1 amide bonds. The lowest BCUT2D eigenvalue weighted by atomic mass is 10.0. The number of nitrogens with one attached hydrogen (secondary N) is 2. The minimum absolute atomic E-state index is 0.00137. The van der Waals surface area contributed by atoms with Crippen LogP contribution in [-0.2, 0) is 4.79 Å². The molecule has 0 unspecified atom stereocenters. The van der Waals surface area contributed by atoms with Gasteiger partial charge in [-0.1, -0.05) is 0 Å². The third kappa shape index (κ3) is 3.52. The molecule has 1 aliphatic rings. The number of amides is 1. The average molecular weight is 327 g/mol. The Bertz CT molecular complexity index is 440. The number of halogens is 1. The van der Waals surface area contributed by atoms with E-state index in [4.69, 9.17) is 0 Å². The number of rotatable bonds is 3. The van der Waals surface area contributed by atoms with Crippen LogP contribution in [0.5, 0.6) is 0 Å². The van der Waals surface area contributed by atoms with Crippen molar-refractivity contribution in [3.63, 3.8) is 0 Å². The minimum atomic E-state index is -0.519. The number of nitrogens with zero attached hydrogens (tertiary/aromatic N) is 2. The van der Waals surface area contributed by atoms with E-state index in [2.05, 4.69) is 36.4 Å². The standard InChI is InChI=1S/C13H19BrN4O/c1-13(2,18-7-5-15-6-8-18)12(19)17-10-3-4-11(14)16-9-10/h3-4,9,15H,5-8H2,1-2H3,(H,17,19). The minimum Gasteiger partial charge on any atom is -0.323 e. The maximum atomic E-state index is 12.4. The molecule has 0 saturated carbocycles. The molecule has 2 rings (SSSR count). The van der Waals surface area contributed by atoms with Gasteiger partial charge in [0.15, 0.2) is 0 Å². The van der Waals surface area contributed by atoms with E-state index in [0.717, 1.165) is 36.5 Å². The quantitative estimate of drug-likeness (QED) is 0.826. The molecule has 0 bridgehead atoms. The summed E-state index contributed by atoms with van der Waals surface area (Å²) in [5.74, 6) is -0.00137. The largest absolute Gasteiger partial charge is 0.323 e. The summed E-state index contributed by atoms with van der Waals surface area (Å²) in [6.07, 6.45) is 1.65. The van der Waals surface area contributed by atoms with Crippen molar-refractivity contribution in [1.82, 2.24) is 15.2 Å². The maximum absolute atomic E-state index is 12.4. The summed E-state index contributed by atoms with van der Waals surface area (Å²) in [6.45, 7) is 7.55. The van der Waals surface area contributed by atoms with E-state index in [-0.39, 0.29) is 5.91 Å². The number of aromatic nitrogens is 1. The van der Waals surface area contributed by atoms with Crippen LogP contribution in [-0.4, -0.2) is 47.5 Å². The second kappa shape index (κ2) is 5.98. The van der Waals surface area contributed by atoms with Crippen LogP contribution in [0.15, 0.2) is 22.9 Å². The zero-order valence-electron chi connectivity index (χ0n) is 11.2. The summed E-state index contributed by atoms with van der Waals surface area (Å²) in [4.78, 5) is 18.7. The van der Waals surface area contributed by atoms with Crippen molar-refractivity contribution in [2.24, 2.45) is 0 Å². The Morgan fingerprint density at radius 3 is 2.68 bits per heavy atom. The smallest absolute Gasteiger partial charge is 0.244 e. The molecule has 5 nitrogen and oxygen atoms in total. The van der Waals surface area contributed by atoms with Gasteiger partial charge in [-0.3, -0.25) is 9.69 Å². The SMILES string of the molecule is CC(C)(C(=O)Nc1ccc(Br)nc1)N1CCNCC1. The van der Waals surface area contributed by atoms with E-state index in [1.807, 2.05) is 26.0 Å². The van der Waals surface area contributed by atoms with E-state index < -0.39 is 5.54 Å². The second-order valence-corrected chi connectivity index (χ2v) is 5.93. The fraction of sp³-hybridized carbons (Fsp3) is 0.538. The number of piperazine rings is 1. The molecule has 1 aromatic heterocycles. The third-order valence-corrected chi connectivity index (χ3v) is 3.92. The van der Waals surface area contributed by atoms with Gasteiger partial charge in [-0.25, -0.2) is 4.98 Å². The lowest BCUT2D eigenvalue weighted by Crippen LogP contribution is -2.58. The molecule has 0 aliphatic carbocycles. The zero-order valence-corrected chi connectivity index (χ0v) is 12.8. The Morgan fingerprint density at radius 1 is 1.42 bits per heavy atom. The molecular weight excluding hydrogens is 308 g/mol. The monoisotopic (exact) mass is 326 g/mol. The van der Waals surface area contributed by atoms with Crippen LogP contribution in [0, 0.1) is 0 Å². The summed E-state index contributed by atoms with van der Waals surface area (Å²) in [5, 5.41) is 6.22. The summed E-state index contributed by atoms with van der Waals surface area (Å²) in [7, 11) is 0. The van der Waals surface area contributed by atoms with Gasteiger partial charge in [0.1, 0.15) is 4.60 Å². The van der Waals surface area contributed by atoms with Gasteiger partial charge in [0.25, 0.3) is 0 Å². The van der Waals surface area contributed by atoms with Crippen LogP contribution in [0.2, 0.25) is 0 Å². The molecule has 2 N–H and O–H groups in total. The van der Waals surface area contributed by atoms with Crippen molar-refractivity contribution < 1.29 is 4.79 Å². The van der Waals surface area contributed by atoms with Gasteiger partial charge in [-0.05, 0) is 41.9 Å². The molecule has 0 aromatic carbocycles. The fourth-order valence-corrected chi connectivity index (χ4v) is 2.34. The molecular formula is C13H19BrN4O. The van der Waals surface area contributed by atoms with E-state index in [9.17, 15) is 4.79 Å². The van der Waals surface area contributed by atoms with Gasteiger partial charge < -0.3 is 10.6 Å². The first-order valence-corrected chi connectivity index (χ1v) is 7.18. The summed E-state index contributed by atoms with van der Waals surface area (Å²) in [6, 6.07) is 3.65. The molecule has 2 heterocycles. The molecule has 0 atom stereocenters. The molecule has 104 valence electrons. The number of carbonyl (C=O) groups excluding carboxylic acids is 1. The average Bonchev–Trinajstić information content (AvgIpc) is 2.42. The predicted octanol–water partition coefficient (Wildman–Crippen LogP) is 1.47. The Balaban J connectivity index is 2.03. The first-order valence-electron chi connectivity index (χ1n) is 6.39. The number of hydrogen-bond acceptors (Lipinski definition) is 4. The molecule has 1 aliphatic heterocycles. The Hall–Kier alpha value is -0.980. The lowest BCUT2D eigenvalue weighted by Gasteiger charge is -2.39. The molecule has 0 spiro atoms. The third-order valence-electron chi connectivity index (χ3n) is 3.45. The molecule has 6 heteroatoms. The zero-order chi connectivity index (χ0) is 13.9. The summed E-state index contributed by atoms with van der Waals surface area (Å²) < 4.78 is 0.756. The van der Waals surface area contributed by atoms with Crippen molar-refractivity contribution >= 4 is 27.5 Å². The lowest BCUT2D eigenvalue weighted by molar-refractivity contribution is -0.126. The summed E-state index contributed by atoms with van der Waals surface area (Å²) in [5.41, 5.74) is 0.200. The number of pyridine rings is 1. The molecule has 1 saturated heterocycles. The van der Waals surface area contributed by atoms with Gasteiger partial charge in [0.05, 0.1) is 17.4 Å². The van der Waals surface area contributed by atoms with Crippen LogP contribution < -0.4 is 10.6 Å². The summed E-state index contributed by atoms with van der Waals surface area (Å²) >= 11 is 3.27. The number of carbonyl (C=O) groups is 1. The Labute approximate surface area is 121 Å². The molecule has 1 fully saturated rings. The van der Waals surface area contributed by atoms with Gasteiger partial charge in [-0.2, -0.15) is 0 Å². The van der Waals surface area contributed by atoms with Crippen LogP contribution >= 0.6 is 15.9 Å². The van der Waals surface area contributed by atoms with Crippen LogP contribution in [0.1, 0.15) is 13.8 Å². The van der Waals surface area contributed by atoms with Crippen molar-refractivity contribution in [3.05, 3.63) is 22.9 Å². The van der Waals surface area contributed by atoms with E-state index in [1.165, 1.54) is 0 Å². The van der Waals surface area contributed by atoms with E-state index in [1.54, 1.807) is 6.20 Å². The first kappa shape index (κ1) is 14.4. The first-order chi connectivity index (χ1) is 9.00. The Kier molecular flexibility index (Phi) is 4.54. The van der Waals surface area contributed by atoms with E-state index >= 15 is 0 Å². The highest BCUT2D eigenvalue weighted by atomic mass is 79.9. The van der Waals surface area contributed by atoms with Crippen molar-refractivity contribution in [2.45, 2.75) is 19.4 Å². The molecule has 0 radical (unpaired) electrons. The molecule has 19 heavy (non-hydrogen) atoms. The van der Waals surface area contributed by atoms with Gasteiger partial charge >= 0.3 is 0 Å². The van der Waals surface area contributed by atoms with Crippen molar-refractivity contribution in [3.8, 4) is 0 Å². The highest BCUT2D eigenvalue weighted by Gasteiger charge is 2.35. The van der Waals surface area contributed by atoms with Gasteiger partial charge in [-0.15, -0.1) is 0 Å². The van der Waals surface area contributed by atoms with Gasteiger partial charge in [0, 0.05) is 26.2 Å². The fourth-order valence-electron chi connectivity index (χ4n) is 2.10. The van der Waals surface area contributed by atoms with Crippen LogP contribution in [0.3, 0.4) is 0 Å². The normalized spacial score (nSPS) is 17.2. The molecule has 1 aromatic rings. The van der Waals surface area contributed by atoms with Crippen molar-refractivity contribution in [2.75, 3.05) is 31.5 Å². The van der Waals surface area contributed by atoms with Crippen molar-refractivity contribution in [1.29, 1.82) is 0 Å². The number of anilines is 1.